The third-order valence-electron chi connectivity index (χ3n) is 3.81. The molecule has 1 fully saturated rings. The van der Waals surface area contributed by atoms with Crippen LogP contribution in [0.15, 0.2) is 6.20 Å². The number of hydrogen-bond donors (Lipinski definition) is 1. The number of aliphatic hydroxyl groups is 1. The average molecular weight is 312 g/mol. The number of halogens is 1. The fourth-order valence-electron chi connectivity index (χ4n) is 2.69. The Morgan fingerprint density at radius 3 is 2.76 bits per heavy atom. The first-order valence-corrected chi connectivity index (χ1v) is 7.65. The Morgan fingerprint density at radius 1 is 1.52 bits per heavy atom. The largest absolute Gasteiger partial charge is 0.388 e. The van der Waals surface area contributed by atoms with E-state index in [2.05, 4.69) is 9.97 Å². The Hall–Kier alpha value is -1.20. The van der Waals surface area contributed by atoms with Crippen LogP contribution in [0, 0.1) is 0 Å². The predicted molar refractivity (Wildman–Crippen MR) is 81.5 cm³/mol. The summed E-state index contributed by atoms with van der Waals surface area (Å²) in [6.45, 7) is 8.00. The van der Waals surface area contributed by atoms with Crippen LogP contribution in [0.1, 0.15) is 62.8 Å². The van der Waals surface area contributed by atoms with Crippen LogP contribution in [-0.2, 0) is 0 Å². The molecule has 1 atom stereocenters. The number of carbonyl (C=O) groups is 1. The number of rotatable bonds is 3. The second-order valence-electron chi connectivity index (χ2n) is 6.39. The van der Waals surface area contributed by atoms with Gasteiger partial charge in [-0.25, -0.2) is 9.97 Å². The van der Waals surface area contributed by atoms with Gasteiger partial charge in [0.25, 0.3) is 5.91 Å². The van der Waals surface area contributed by atoms with Gasteiger partial charge in [0.15, 0.2) is 5.69 Å². The van der Waals surface area contributed by atoms with E-state index >= 15 is 0 Å². The zero-order valence-electron chi connectivity index (χ0n) is 12.9. The average Bonchev–Trinajstić information content (AvgIpc) is 2.87. The van der Waals surface area contributed by atoms with Gasteiger partial charge in [0.1, 0.15) is 5.82 Å². The zero-order chi connectivity index (χ0) is 15.8. The van der Waals surface area contributed by atoms with Crippen molar-refractivity contribution in [1.29, 1.82) is 0 Å². The molecule has 0 aliphatic carbocycles. The van der Waals surface area contributed by atoms with Crippen LogP contribution in [0.25, 0.3) is 0 Å². The summed E-state index contributed by atoms with van der Waals surface area (Å²) in [7, 11) is 0. The second-order valence-corrected chi connectivity index (χ2v) is 6.80. The van der Waals surface area contributed by atoms with E-state index in [9.17, 15) is 9.90 Å². The molecule has 6 heteroatoms. The Bertz CT molecular complexity index is 540. The van der Waals surface area contributed by atoms with Crippen LogP contribution in [-0.4, -0.2) is 44.1 Å². The van der Waals surface area contributed by atoms with Gasteiger partial charge in [-0.05, 0) is 26.7 Å². The Kier molecular flexibility index (Phi) is 4.54. The van der Waals surface area contributed by atoms with Gasteiger partial charge in [0.2, 0.25) is 0 Å². The third-order valence-corrected chi connectivity index (χ3v) is 4.09. The summed E-state index contributed by atoms with van der Waals surface area (Å²) in [6, 6.07) is -0.210. The van der Waals surface area contributed by atoms with Crippen LogP contribution in [0.4, 0.5) is 0 Å². The minimum absolute atomic E-state index is 0.123. The highest BCUT2D eigenvalue weighted by atomic mass is 35.5. The lowest BCUT2D eigenvalue weighted by molar-refractivity contribution is 0.000106. The standard InChI is InChI=1S/C15H22ClN3O2/c1-9(2)13-17-8-10(16)12(18-13)14(20)19-7-5-6-11(19)15(3,4)21/h8-9,11,21H,5-7H2,1-4H3. The molecule has 0 aromatic carbocycles. The summed E-state index contributed by atoms with van der Waals surface area (Å²) in [5.41, 5.74) is -0.710. The van der Waals surface area contributed by atoms with Crippen molar-refractivity contribution >= 4 is 17.5 Å². The highest BCUT2D eigenvalue weighted by molar-refractivity contribution is 6.33. The lowest BCUT2D eigenvalue weighted by Gasteiger charge is -2.33. The van der Waals surface area contributed by atoms with Gasteiger partial charge < -0.3 is 10.0 Å². The van der Waals surface area contributed by atoms with Gasteiger partial charge in [-0.3, -0.25) is 4.79 Å². The number of nitrogens with zero attached hydrogens (tertiary/aromatic N) is 3. The van der Waals surface area contributed by atoms with Crippen molar-refractivity contribution < 1.29 is 9.90 Å². The molecule has 2 heterocycles. The number of aromatic nitrogens is 2. The van der Waals surface area contributed by atoms with Gasteiger partial charge in [0.05, 0.1) is 22.9 Å². The van der Waals surface area contributed by atoms with E-state index < -0.39 is 5.60 Å². The maximum absolute atomic E-state index is 12.7. The van der Waals surface area contributed by atoms with Gasteiger partial charge in [-0.15, -0.1) is 0 Å². The van der Waals surface area contributed by atoms with Gasteiger partial charge in [0, 0.05) is 12.5 Å². The summed E-state index contributed by atoms with van der Waals surface area (Å²) in [5, 5.41) is 10.5. The molecule has 1 aromatic rings. The molecule has 0 radical (unpaired) electrons. The molecule has 0 bridgehead atoms. The summed E-state index contributed by atoms with van der Waals surface area (Å²) < 4.78 is 0. The van der Waals surface area contributed by atoms with E-state index in [1.165, 1.54) is 6.20 Å². The van der Waals surface area contributed by atoms with Crippen LogP contribution in [0.5, 0.6) is 0 Å². The summed E-state index contributed by atoms with van der Waals surface area (Å²) in [5.74, 6) is 0.494. The van der Waals surface area contributed by atoms with Crippen molar-refractivity contribution in [3.8, 4) is 0 Å². The summed E-state index contributed by atoms with van der Waals surface area (Å²) >= 11 is 6.10. The molecule has 21 heavy (non-hydrogen) atoms. The zero-order valence-corrected chi connectivity index (χ0v) is 13.7. The molecule has 1 N–H and O–H groups in total. The van der Waals surface area contributed by atoms with E-state index in [-0.39, 0.29) is 28.6 Å². The molecule has 1 aromatic heterocycles. The lowest BCUT2D eigenvalue weighted by atomic mass is 9.96. The number of carbonyl (C=O) groups excluding carboxylic acids is 1. The smallest absolute Gasteiger partial charge is 0.274 e. The number of amides is 1. The summed E-state index contributed by atoms with van der Waals surface area (Å²) in [4.78, 5) is 22.9. The fraction of sp³-hybridized carbons (Fsp3) is 0.667. The molecule has 5 nitrogen and oxygen atoms in total. The van der Waals surface area contributed by atoms with Crippen molar-refractivity contribution in [3.05, 3.63) is 22.7 Å². The molecule has 0 saturated carbocycles. The van der Waals surface area contributed by atoms with Crippen LogP contribution < -0.4 is 0 Å². The highest BCUT2D eigenvalue weighted by Crippen LogP contribution is 2.29. The van der Waals surface area contributed by atoms with Gasteiger partial charge in [-0.1, -0.05) is 25.4 Å². The molecule has 1 unspecified atom stereocenters. The Morgan fingerprint density at radius 2 is 2.19 bits per heavy atom. The molecule has 1 amide bonds. The van der Waals surface area contributed by atoms with E-state index in [4.69, 9.17) is 11.6 Å². The molecule has 116 valence electrons. The maximum Gasteiger partial charge on any atom is 0.274 e. The van der Waals surface area contributed by atoms with E-state index in [0.717, 1.165) is 12.8 Å². The van der Waals surface area contributed by atoms with Crippen molar-refractivity contribution in [2.75, 3.05) is 6.54 Å². The minimum atomic E-state index is -0.938. The molecular weight excluding hydrogens is 290 g/mol. The molecule has 2 rings (SSSR count). The Balaban J connectivity index is 2.33. The van der Waals surface area contributed by atoms with Crippen molar-refractivity contribution in [2.24, 2.45) is 0 Å². The maximum atomic E-state index is 12.7. The molecular formula is C15H22ClN3O2. The van der Waals surface area contributed by atoms with Gasteiger partial charge in [-0.2, -0.15) is 0 Å². The fourth-order valence-corrected chi connectivity index (χ4v) is 2.86. The summed E-state index contributed by atoms with van der Waals surface area (Å²) in [6.07, 6.45) is 3.14. The van der Waals surface area contributed by atoms with Gasteiger partial charge >= 0.3 is 0 Å². The van der Waals surface area contributed by atoms with Crippen molar-refractivity contribution in [1.82, 2.24) is 14.9 Å². The number of likely N-dealkylation sites (tertiary alicyclic amines) is 1. The van der Waals surface area contributed by atoms with Crippen LogP contribution in [0.2, 0.25) is 5.02 Å². The molecule has 1 saturated heterocycles. The SMILES string of the molecule is CC(C)c1ncc(Cl)c(C(=O)N2CCCC2C(C)(C)O)n1. The number of hydrogen-bond acceptors (Lipinski definition) is 4. The third kappa shape index (κ3) is 3.35. The van der Waals surface area contributed by atoms with Crippen LogP contribution >= 0.6 is 11.6 Å². The highest BCUT2D eigenvalue weighted by Gasteiger charge is 2.39. The first-order valence-electron chi connectivity index (χ1n) is 7.27. The van der Waals surface area contributed by atoms with Crippen LogP contribution in [0.3, 0.4) is 0 Å². The topological polar surface area (TPSA) is 66.3 Å². The molecule has 0 spiro atoms. The first kappa shape index (κ1) is 16.2. The second kappa shape index (κ2) is 5.89. The van der Waals surface area contributed by atoms with Crippen molar-refractivity contribution in [3.63, 3.8) is 0 Å². The Labute approximate surface area is 130 Å². The first-order chi connectivity index (χ1) is 9.71. The quantitative estimate of drug-likeness (QED) is 0.932. The van der Waals surface area contributed by atoms with E-state index in [0.29, 0.717) is 12.4 Å². The van der Waals surface area contributed by atoms with E-state index in [1.54, 1.807) is 18.7 Å². The van der Waals surface area contributed by atoms with Crippen molar-refractivity contribution in [2.45, 2.75) is 58.1 Å². The molecule has 1 aliphatic rings. The van der Waals surface area contributed by atoms with E-state index in [1.807, 2.05) is 13.8 Å². The normalized spacial score (nSPS) is 19.4. The molecule has 1 aliphatic heterocycles. The lowest BCUT2D eigenvalue weighted by Crippen LogP contribution is -2.48. The monoisotopic (exact) mass is 311 g/mol. The minimum Gasteiger partial charge on any atom is -0.388 e. The predicted octanol–water partition coefficient (Wildman–Crippen LogP) is 2.63.